The first-order chi connectivity index (χ1) is 7.50. The van der Waals surface area contributed by atoms with Gasteiger partial charge >= 0.3 is 11.2 Å². The van der Waals surface area contributed by atoms with Gasteiger partial charge < -0.3 is 10.1 Å². The predicted molar refractivity (Wildman–Crippen MR) is 55.4 cm³/mol. The van der Waals surface area contributed by atoms with E-state index in [9.17, 15) is 20.0 Å². The summed E-state index contributed by atoms with van der Waals surface area (Å²) < 4.78 is 0. The van der Waals surface area contributed by atoms with Crippen molar-refractivity contribution in [2.75, 3.05) is 0 Å². The summed E-state index contributed by atoms with van der Waals surface area (Å²) in [5.41, 5.74) is -1.06. The number of nitro groups is 1. The molecule has 16 heavy (non-hydrogen) atoms. The Morgan fingerprint density at radius 3 is 2.81 bits per heavy atom. The van der Waals surface area contributed by atoms with Crippen LogP contribution in [0.1, 0.15) is 5.69 Å². The lowest BCUT2D eigenvalue weighted by Gasteiger charge is -2.01. The van der Waals surface area contributed by atoms with Gasteiger partial charge in [0.1, 0.15) is 5.65 Å². The number of nitrogens with zero attached hydrogens (tertiary/aromatic N) is 2. The molecular formula is C9H7N3O4. The van der Waals surface area contributed by atoms with Gasteiger partial charge in [-0.1, -0.05) is 0 Å². The number of fused-ring (bicyclic) bond motifs is 1. The van der Waals surface area contributed by atoms with Crippen molar-refractivity contribution in [2.45, 2.75) is 6.92 Å². The van der Waals surface area contributed by atoms with Crippen LogP contribution in [0.25, 0.3) is 11.0 Å². The molecule has 2 rings (SSSR count). The van der Waals surface area contributed by atoms with E-state index in [2.05, 4.69) is 9.97 Å². The van der Waals surface area contributed by atoms with E-state index in [4.69, 9.17) is 0 Å². The molecule has 2 aromatic rings. The molecule has 2 N–H and O–H groups in total. The highest BCUT2D eigenvalue weighted by Gasteiger charge is 2.22. The second-order valence-electron chi connectivity index (χ2n) is 3.26. The zero-order chi connectivity index (χ0) is 11.9. The quantitative estimate of drug-likeness (QED) is 0.547. The molecular weight excluding hydrogens is 214 g/mol. The normalized spacial score (nSPS) is 10.6. The van der Waals surface area contributed by atoms with E-state index in [0.717, 1.165) is 0 Å². The summed E-state index contributed by atoms with van der Waals surface area (Å²) in [6, 6.07) is 3.06. The van der Waals surface area contributed by atoms with E-state index in [1.807, 2.05) is 0 Å². The molecule has 0 aliphatic carbocycles. The highest BCUT2D eigenvalue weighted by Crippen LogP contribution is 2.28. The summed E-state index contributed by atoms with van der Waals surface area (Å²) >= 11 is 0. The Labute approximate surface area is 88.5 Å². The molecule has 0 fully saturated rings. The van der Waals surface area contributed by atoms with Gasteiger partial charge in [0.05, 0.1) is 10.3 Å². The van der Waals surface area contributed by atoms with Gasteiger partial charge in [-0.2, -0.15) is 0 Å². The fourth-order valence-electron chi connectivity index (χ4n) is 1.41. The van der Waals surface area contributed by atoms with E-state index in [0.29, 0.717) is 5.69 Å². The van der Waals surface area contributed by atoms with Crippen LogP contribution in [0.2, 0.25) is 0 Å². The van der Waals surface area contributed by atoms with Gasteiger partial charge in [0, 0.05) is 5.69 Å². The molecule has 0 radical (unpaired) electrons. The predicted octanol–water partition coefficient (Wildman–Crippen LogP) is 0.845. The van der Waals surface area contributed by atoms with E-state index >= 15 is 0 Å². The van der Waals surface area contributed by atoms with Crippen molar-refractivity contribution in [2.24, 2.45) is 0 Å². The third kappa shape index (κ3) is 1.38. The van der Waals surface area contributed by atoms with E-state index in [1.54, 1.807) is 13.0 Å². The highest BCUT2D eigenvalue weighted by atomic mass is 16.6. The van der Waals surface area contributed by atoms with Gasteiger partial charge in [0.25, 0.3) is 0 Å². The summed E-state index contributed by atoms with van der Waals surface area (Å²) in [5, 5.41) is 20.3. The number of aromatic hydroxyl groups is 1. The lowest BCUT2D eigenvalue weighted by Crippen LogP contribution is -2.12. The molecule has 0 atom stereocenters. The van der Waals surface area contributed by atoms with Gasteiger partial charge in [0.15, 0.2) is 0 Å². The van der Waals surface area contributed by atoms with E-state index < -0.39 is 21.9 Å². The molecule has 0 aromatic carbocycles. The largest absolute Gasteiger partial charge is 0.501 e. The number of aromatic amines is 1. The van der Waals surface area contributed by atoms with E-state index in [-0.39, 0.29) is 11.0 Å². The van der Waals surface area contributed by atoms with Gasteiger partial charge in [0.2, 0.25) is 5.75 Å². The molecule has 0 amide bonds. The molecule has 0 aliphatic rings. The molecule has 0 bridgehead atoms. The molecule has 82 valence electrons. The van der Waals surface area contributed by atoms with Crippen LogP contribution in [-0.4, -0.2) is 20.0 Å². The van der Waals surface area contributed by atoms with Crippen LogP contribution in [0, 0.1) is 17.0 Å². The number of nitrogens with one attached hydrogen (secondary N) is 1. The minimum atomic E-state index is -0.965. The minimum Gasteiger partial charge on any atom is -0.501 e. The van der Waals surface area contributed by atoms with Crippen LogP contribution >= 0.6 is 0 Å². The van der Waals surface area contributed by atoms with Gasteiger partial charge in [-0.15, -0.1) is 0 Å². The maximum Gasteiger partial charge on any atom is 0.375 e. The van der Waals surface area contributed by atoms with Crippen LogP contribution in [0.4, 0.5) is 5.69 Å². The highest BCUT2D eigenvalue weighted by molar-refractivity contribution is 5.85. The van der Waals surface area contributed by atoms with Crippen molar-refractivity contribution in [1.82, 2.24) is 9.97 Å². The number of aromatic nitrogens is 2. The number of rotatable bonds is 1. The van der Waals surface area contributed by atoms with Crippen LogP contribution in [-0.2, 0) is 0 Å². The van der Waals surface area contributed by atoms with Gasteiger partial charge in [-0.3, -0.25) is 14.9 Å². The zero-order valence-electron chi connectivity index (χ0n) is 8.22. The summed E-state index contributed by atoms with van der Waals surface area (Å²) in [7, 11) is 0. The molecule has 2 aromatic heterocycles. The number of aryl methyl sites for hydroxylation is 1. The maximum absolute atomic E-state index is 11.3. The molecule has 0 spiro atoms. The zero-order valence-corrected chi connectivity index (χ0v) is 8.22. The van der Waals surface area contributed by atoms with E-state index in [1.165, 1.54) is 6.07 Å². The number of H-pyrrole nitrogens is 1. The van der Waals surface area contributed by atoms with Gasteiger partial charge in [-0.05, 0) is 19.1 Å². The molecule has 0 unspecified atom stereocenters. The number of pyridine rings is 2. The Kier molecular flexibility index (Phi) is 2.08. The third-order valence-electron chi connectivity index (χ3n) is 2.14. The smallest absolute Gasteiger partial charge is 0.375 e. The van der Waals surface area contributed by atoms with Crippen molar-refractivity contribution in [3.05, 3.63) is 38.3 Å². The van der Waals surface area contributed by atoms with Gasteiger partial charge in [-0.25, -0.2) is 4.98 Å². The third-order valence-corrected chi connectivity index (χ3v) is 2.14. The van der Waals surface area contributed by atoms with Crippen LogP contribution in [0.5, 0.6) is 5.75 Å². The lowest BCUT2D eigenvalue weighted by atomic mass is 10.2. The Bertz CT molecular complexity index is 647. The topological polar surface area (TPSA) is 109 Å². The van der Waals surface area contributed by atoms with Crippen LogP contribution in [0.3, 0.4) is 0 Å². The molecule has 7 nitrogen and oxygen atoms in total. The summed E-state index contributed by atoms with van der Waals surface area (Å²) in [5.74, 6) is -0.656. The summed E-state index contributed by atoms with van der Waals surface area (Å²) in [4.78, 5) is 27.2. The average molecular weight is 221 g/mol. The Hall–Kier alpha value is -2.44. The first-order valence-corrected chi connectivity index (χ1v) is 4.37. The Balaban J connectivity index is 2.94. The molecule has 0 aliphatic heterocycles. The SMILES string of the molecule is Cc1ccc2c(O)c([N+](=O)[O-])c(=O)[nH]c2n1. The van der Waals surface area contributed by atoms with Crippen LogP contribution in [0.15, 0.2) is 16.9 Å². The second-order valence-corrected chi connectivity index (χ2v) is 3.26. The summed E-state index contributed by atoms with van der Waals surface area (Å²) in [6.45, 7) is 1.70. The second kappa shape index (κ2) is 3.30. The van der Waals surface area contributed by atoms with Crippen molar-refractivity contribution < 1.29 is 10.0 Å². The van der Waals surface area contributed by atoms with Crippen LogP contribution < -0.4 is 5.56 Å². The van der Waals surface area contributed by atoms with Crippen molar-refractivity contribution in [1.29, 1.82) is 0 Å². The number of hydrogen-bond acceptors (Lipinski definition) is 5. The Morgan fingerprint density at radius 2 is 2.19 bits per heavy atom. The minimum absolute atomic E-state index is 0.133. The van der Waals surface area contributed by atoms with Crippen molar-refractivity contribution in [3.8, 4) is 5.75 Å². The van der Waals surface area contributed by atoms with Crippen molar-refractivity contribution >= 4 is 16.7 Å². The molecule has 0 saturated carbocycles. The van der Waals surface area contributed by atoms with Crippen molar-refractivity contribution in [3.63, 3.8) is 0 Å². The summed E-state index contributed by atoms with van der Waals surface area (Å²) in [6.07, 6.45) is 0. The average Bonchev–Trinajstić information content (AvgIpc) is 2.15. The molecule has 0 saturated heterocycles. The fourth-order valence-corrected chi connectivity index (χ4v) is 1.41. The Morgan fingerprint density at radius 1 is 1.50 bits per heavy atom. The molecule has 2 heterocycles. The molecule has 7 heteroatoms. The lowest BCUT2D eigenvalue weighted by molar-refractivity contribution is -0.387. The maximum atomic E-state index is 11.3. The number of hydrogen-bond donors (Lipinski definition) is 2. The standard InChI is InChI=1S/C9H7N3O4/c1-4-2-3-5-7(13)6(12(15)16)9(14)11-8(5)10-4/h2-3H,1H3,(H2,10,11,13,14). The monoisotopic (exact) mass is 221 g/mol. The first-order valence-electron chi connectivity index (χ1n) is 4.37. The fraction of sp³-hybridized carbons (Fsp3) is 0.111. The first kappa shape index (κ1) is 10.1.